The van der Waals surface area contributed by atoms with Gasteiger partial charge >= 0.3 is 0 Å². The van der Waals surface area contributed by atoms with E-state index in [0.29, 0.717) is 35.4 Å². The molecule has 1 N–H and O–H groups in total. The van der Waals surface area contributed by atoms with Gasteiger partial charge in [-0.1, -0.05) is 6.92 Å². The van der Waals surface area contributed by atoms with E-state index in [2.05, 4.69) is 22.3 Å². The number of Topliss-reactive ketones (excluding diaryl/α,β-unsaturated/α-hetero) is 1. The topological polar surface area (TPSA) is 90.1 Å². The molecule has 4 aliphatic carbocycles. The molecule has 4 saturated carbocycles. The van der Waals surface area contributed by atoms with Crippen molar-refractivity contribution in [2.75, 3.05) is 7.11 Å². The molecular formula is C24H38N4O3. The Balaban J connectivity index is 1.38. The van der Waals surface area contributed by atoms with Crippen LogP contribution in [0.3, 0.4) is 0 Å². The zero-order valence-electron chi connectivity index (χ0n) is 19.5. The van der Waals surface area contributed by atoms with Crippen LogP contribution in [0.4, 0.5) is 0 Å². The summed E-state index contributed by atoms with van der Waals surface area (Å²) < 4.78 is 6.16. The minimum atomic E-state index is -0.490. The summed E-state index contributed by atoms with van der Waals surface area (Å²) in [5.41, 5.74) is -0.605. The molecule has 4 aliphatic rings. The van der Waals surface area contributed by atoms with E-state index >= 15 is 0 Å². The van der Waals surface area contributed by atoms with Gasteiger partial charge in [0.25, 0.3) is 0 Å². The minimum Gasteiger partial charge on any atom is -0.390 e. The Hall–Kier alpha value is -1.34. The van der Waals surface area contributed by atoms with Crippen LogP contribution in [0.25, 0.3) is 0 Å². The predicted octanol–water partition coefficient (Wildman–Crippen LogP) is 3.20. The second-order valence-corrected chi connectivity index (χ2v) is 11.5. The van der Waals surface area contributed by atoms with E-state index in [4.69, 9.17) is 4.74 Å². The predicted molar refractivity (Wildman–Crippen MR) is 115 cm³/mol. The van der Waals surface area contributed by atoms with Gasteiger partial charge in [0.15, 0.2) is 11.6 Å². The van der Waals surface area contributed by atoms with Gasteiger partial charge in [0.2, 0.25) is 0 Å². The first-order valence-electron chi connectivity index (χ1n) is 12.2. The van der Waals surface area contributed by atoms with Crippen LogP contribution in [0.1, 0.15) is 71.0 Å². The maximum absolute atomic E-state index is 13.4. The Morgan fingerprint density at radius 3 is 2.68 bits per heavy atom. The quantitative estimate of drug-likeness (QED) is 0.789. The van der Waals surface area contributed by atoms with Gasteiger partial charge in [-0.25, -0.2) is 0 Å². The average Bonchev–Trinajstić information content (AvgIpc) is 3.28. The van der Waals surface area contributed by atoms with Gasteiger partial charge < -0.3 is 9.84 Å². The van der Waals surface area contributed by atoms with Crippen LogP contribution in [-0.2, 0) is 16.1 Å². The molecule has 0 saturated heterocycles. The molecule has 1 aromatic heterocycles. The van der Waals surface area contributed by atoms with E-state index in [0.717, 1.165) is 38.5 Å². The minimum absolute atomic E-state index is 0.000446. The van der Waals surface area contributed by atoms with Crippen LogP contribution in [0, 0.1) is 47.8 Å². The SMILES string of the molecule is CO[C@@H]1C[C@H]2[C@@H](CCC3C[C@](C)(O)CC[C@@H]32)[C@@H]2CC[C@H](C(=O)Cn3nnc(C)n3)[C@@]12C. The Kier molecular flexibility index (Phi) is 5.28. The first kappa shape index (κ1) is 21.5. The Labute approximate surface area is 185 Å². The lowest BCUT2D eigenvalue weighted by atomic mass is 9.48. The number of rotatable bonds is 4. The average molecular weight is 431 g/mol. The van der Waals surface area contributed by atoms with E-state index in [1.807, 2.05) is 14.0 Å². The van der Waals surface area contributed by atoms with Crippen molar-refractivity contribution in [1.82, 2.24) is 20.2 Å². The number of tetrazole rings is 1. The summed E-state index contributed by atoms with van der Waals surface area (Å²) in [7, 11) is 1.83. The monoisotopic (exact) mass is 430 g/mol. The van der Waals surface area contributed by atoms with Crippen molar-refractivity contribution in [3.05, 3.63) is 5.82 Å². The molecular weight excluding hydrogens is 392 g/mol. The Morgan fingerprint density at radius 2 is 1.97 bits per heavy atom. The molecule has 4 fully saturated rings. The van der Waals surface area contributed by atoms with E-state index in [9.17, 15) is 9.90 Å². The van der Waals surface area contributed by atoms with Gasteiger partial charge in [-0.2, -0.15) is 4.80 Å². The zero-order chi connectivity index (χ0) is 22.0. The number of fused-ring (bicyclic) bond motifs is 5. The number of methoxy groups -OCH3 is 1. The van der Waals surface area contributed by atoms with Gasteiger partial charge in [-0.05, 0) is 100 Å². The second kappa shape index (κ2) is 7.62. The van der Waals surface area contributed by atoms with Crippen molar-refractivity contribution >= 4 is 5.78 Å². The highest BCUT2D eigenvalue weighted by Crippen LogP contribution is 2.65. The Bertz CT molecular complexity index is 839. The fourth-order valence-corrected chi connectivity index (χ4v) is 8.56. The number of carbonyl (C=O) groups excluding carboxylic acids is 1. The van der Waals surface area contributed by atoms with Crippen molar-refractivity contribution in [3.8, 4) is 0 Å². The molecule has 7 heteroatoms. The molecule has 172 valence electrons. The van der Waals surface area contributed by atoms with Crippen LogP contribution >= 0.6 is 0 Å². The lowest BCUT2D eigenvalue weighted by molar-refractivity contribution is -0.165. The molecule has 0 aromatic carbocycles. The van der Waals surface area contributed by atoms with Crippen molar-refractivity contribution in [3.63, 3.8) is 0 Å². The summed E-state index contributed by atoms with van der Waals surface area (Å²) in [6.45, 7) is 6.35. The number of hydrogen-bond donors (Lipinski definition) is 1. The van der Waals surface area contributed by atoms with Crippen molar-refractivity contribution in [1.29, 1.82) is 0 Å². The maximum atomic E-state index is 13.4. The highest BCUT2D eigenvalue weighted by atomic mass is 16.5. The van der Waals surface area contributed by atoms with Crippen LogP contribution in [0.2, 0.25) is 0 Å². The highest BCUT2D eigenvalue weighted by Gasteiger charge is 2.62. The van der Waals surface area contributed by atoms with Gasteiger partial charge in [0, 0.05) is 18.4 Å². The van der Waals surface area contributed by atoms with Gasteiger partial charge in [-0.3, -0.25) is 4.79 Å². The maximum Gasteiger partial charge on any atom is 0.171 e. The van der Waals surface area contributed by atoms with Crippen molar-refractivity contribution < 1.29 is 14.6 Å². The molecule has 1 aromatic rings. The smallest absolute Gasteiger partial charge is 0.171 e. The third-order valence-electron chi connectivity index (χ3n) is 9.83. The standard InChI is InChI=1S/C24H38N4O3/c1-14-25-27-28(26-14)13-21(29)20-8-7-19-17-6-5-15-12-23(2,30)10-9-16(15)18(17)11-22(31-4)24(19,20)3/h15-20,22,30H,5-13H2,1-4H3/t15?,16-,17+,18+,19-,20+,22+,23+,24-/m0/s1. The number of ketones is 1. The summed E-state index contributed by atoms with van der Waals surface area (Å²) in [6, 6.07) is 0. The van der Waals surface area contributed by atoms with Gasteiger partial charge in [0.05, 0.1) is 11.7 Å². The summed E-state index contributed by atoms with van der Waals surface area (Å²) in [4.78, 5) is 14.8. The summed E-state index contributed by atoms with van der Waals surface area (Å²) in [5.74, 6) is 4.08. The number of aliphatic hydroxyl groups is 1. The fourth-order valence-electron chi connectivity index (χ4n) is 8.56. The molecule has 0 radical (unpaired) electrons. The van der Waals surface area contributed by atoms with Gasteiger partial charge in [-0.15, -0.1) is 10.2 Å². The lowest BCUT2D eigenvalue weighted by Gasteiger charge is -2.59. The molecule has 5 rings (SSSR count). The van der Waals surface area contributed by atoms with E-state index in [1.165, 1.54) is 17.6 Å². The van der Waals surface area contributed by atoms with E-state index in [1.54, 1.807) is 6.92 Å². The number of hydrogen-bond acceptors (Lipinski definition) is 6. The molecule has 31 heavy (non-hydrogen) atoms. The molecule has 9 atom stereocenters. The first-order chi connectivity index (χ1) is 14.7. The van der Waals surface area contributed by atoms with E-state index in [-0.39, 0.29) is 29.8 Å². The third-order valence-corrected chi connectivity index (χ3v) is 9.83. The molecule has 1 unspecified atom stereocenters. The fraction of sp³-hybridized carbons (Fsp3) is 0.917. The number of ether oxygens (including phenoxy) is 1. The Morgan fingerprint density at radius 1 is 1.16 bits per heavy atom. The van der Waals surface area contributed by atoms with Crippen molar-refractivity contribution in [2.45, 2.75) is 90.4 Å². The molecule has 7 nitrogen and oxygen atoms in total. The first-order valence-corrected chi connectivity index (χ1v) is 12.2. The molecule has 1 heterocycles. The van der Waals surface area contributed by atoms with Gasteiger partial charge in [0.1, 0.15) is 6.54 Å². The molecule has 0 amide bonds. The zero-order valence-corrected chi connectivity index (χ0v) is 19.5. The molecule has 0 spiro atoms. The normalized spacial score (nSPS) is 46.8. The summed E-state index contributed by atoms with van der Waals surface area (Å²) in [5, 5.41) is 22.8. The van der Waals surface area contributed by atoms with Crippen LogP contribution in [0.5, 0.6) is 0 Å². The highest BCUT2D eigenvalue weighted by molar-refractivity contribution is 5.82. The van der Waals surface area contributed by atoms with Crippen LogP contribution in [-0.4, -0.2) is 49.9 Å². The summed E-state index contributed by atoms with van der Waals surface area (Å²) in [6.07, 6.45) is 8.71. The van der Waals surface area contributed by atoms with Crippen LogP contribution < -0.4 is 0 Å². The van der Waals surface area contributed by atoms with E-state index < -0.39 is 5.60 Å². The molecule has 0 bridgehead atoms. The third kappa shape index (κ3) is 3.47. The second-order valence-electron chi connectivity index (χ2n) is 11.5. The number of carbonyl (C=O) groups is 1. The summed E-state index contributed by atoms with van der Waals surface area (Å²) >= 11 is 0. The number of aryl methyl sites for hydroxylation is 1. The van der Waals surface area contributed by atoms with Crippen LogP contribution in [0.15, 0.2) is 0 Å². The largest absolute Gasteiger partial charge is 0.390 e. The lowest BCUT2D eigenvalue weighted by Crippen LogP contribution is -2.57. The molecule has 0 aliphatic heterocycles. The van der Waals surface area contributed by atoms with Crippen molar-refractivity contribution in [2.24, 2.45) is 40.9 Å². The number of nitrogens with zero attached hydrogens (tertiary/aromatic N) is 4. The number of aromatic nitrogens is 4.